The van der Waals surface area contributed by atoms with Gasteiger partial charge in [0, 0.05) is 5.39 Å². The number of hydrogen-bond acceptors (Lipinski definition) is 3. The van der Waals surface area contributed by atoms with Crippen molar-refractivity contribution in [3.63, 3.8) is 0 Å². The van der Waals surface area contributed by atoms with E-state index in [1.165, 1.54) is 25.7 Å². The Labute approximate surface area is 118 Å². The van der Waals surface area contributed by atoms with Gasteiger partial charge in [0.15, 0.2) is 5.58 Å². The van der Waals surface area contributed by atoms with Crippen molar-refractivity contribution in [3.05, 3.63) is 35.0 Å². The molecule has 19 heavy (non-hydrogen) atoms. The Morgan fingerprint density at radius 3 is 2.84 bits per heavy atom. The van der Waals surface area contributed by atoms with Gasteiger partial charge >= 0.3 is 0 Å². The second-order valence-electron chi connectivity index (χ2n) is 5.41. The van der Waals surface area contributed by atoms with Crippen LogP contribution in [0.2, 0.25) is 5.02 Å². The van der Waals surface area contributed by atoms with Gasteiger partial charge in [-0.2, -0.15) is 0 Å². The van der Waals surface area contributed by atoms with E-state index in [0.29, 0.717) is 5.02 Å². The normalized spacial score (nSPS) is 18.2. The highest BCUT2D eigenvalue weighted by Gasteiger charge is 2.23. The smallest absolute Gasteiger partial charge is 0.152 e. The van der Waals surface area contributed by atoms with Crippen LogP contribution in [0.3, 0.4) is 0 Å². The highest BCUT2D eigenvalue weighted by atomic mass is 35.5. The molecule has 0 aliphatic heterocycles. The van der Waals surface area contributed by atoms with Crippen molar-refractivity contribution in [1.82, 2.24) is 5.43 Å². The third-order valence-electron chi connectivity index (χ3n) is 4.10. The maximum absolute atomic E-state index is 6.14. The van der Waals surface area contributed by atoms with Gasteiger partial charge in [-0.3, -0.25) is 5.84 Å². The molecule has 0 amide bonds. The minimum Gasteiger partial charge on any atom is -0.458 e. The molecule has 3 nitrogen and oxygen atoms in total. The number of nitrogens with one attached hydrogen (secondary N) is 1. The van der Waals surface area contributed by atoms with Crippen LogP contribution in [-0.2, 0) is 0 Å². The summed E-state index contributed by atoms with van der Waals surface area (Å²) in [4.78, 5) is 0. The Balaban J connectivity index is 1.86. The third kappa shape index (κ3) is 2.64. The molecule has 3 rings (SSSR count). The fourth-order valence-corrected chi connectivity index (χ4v) is 3.29. The zero-order valence-corrected chi connectivity index (χ0v) is 11.6. The van der Waals surface area contributed by atoms with Crippen LogP contribution >= 0.6 is 11.6 Å². The average Bonchev–Trinajstić information content (AvgIpc) is 3.05. The molecular weight excluding hydrogens is 260 g/mol. The fourth-order valence-electron chi connectivity index (χ4n) is 3.06. The molecule has 102 valence electrons. The SMILES string of the molecule is NNC(CC1CCCC1)c1cc2cccc(Cl)c2o1. The first kappa shape index (κ1) is 13.0. The average molecular weight is 279 g/mol. The van der Waals surface area contributed by atoms with E-state index in [1.54, 1.807) is 0 Å². The standard InChI is InChI=1S/C15H19ClN2O/c16-12-7-3-6-11-9-14(19-15(11)12)13(18-17)8-10-4-1-2-5-10/h3,6-7,9-10,13,18H,1-2,4-5,8,17H2. The number of benzene rings is 1. The van der Waals surface area contributed by atoms with Crippen LogP contribution in [0.5, 0.6) is 0 Å². The van der Waals surface area contributed by atoms with Crippen LogP contribution < -0.4 is 11.3 Å². The number of halogens is 1. The molecule has 1 atom stereocenters. The van der Waals surface area contributed by atoms with E-state index < -0.39 is 0 Å². The largest absolute Gasteiger partial charge is 0.458 e. The Bertz CT molecular complexity index is 560. The molecule has 4 heteroatoms. The highest BCUT2D eigenvalue weighted by Crippen LogP contribution is 2.35. The maximum Gasteiger partial charge on any atom is 0.152 e. The molecule has 1 saturated carbocycles. The van der Waals surface area contributed by atoms with Gasteiger partial charge < -0.3 is 4.42 Å². The minimum atomic E-state index is 0.0755. The lowest BCUT2D eigenvalue weighted by molar-refractivity contribution is 0.354. The molecule has 1 aliphatic carbocycles. The summed E-state index contributed by atoms with van der Waals surface area (Å²) < 4.78 is 5.89. The summed E-state index contributed by atoms with van der Waals surface area (Å²) >= 11 is 6.14. The summed E-state index contributed by atoms with van der Waals surface area (Å²) in [5.41, 5.74) is 3.64. The summed E-state index contributed by atoms with van der Waals surface area (Å²) in [6.07, 6.45) is 6.33. The van der Waals surface area contributed by atoms with Crippen molar-refractivity contribution in [2.24, 2.45) is 11.8 Å². The van der Waals surface area contributed by atoms with Crippen LogP contribution in [0.25, 0.3) is 11.0 Å². The number of para-hydroxylation sites is 1. The first-order valence-corrected chi connectivity index (χ1v) is 7.30. The Kier molecular flexibility index (Phi) is 3.78. The first-order valence-electron chi connectivity index (χ1n) is 6.92. The van der Waals surface area contributed by atoms with Gasteiger partial charge in [0.25, 0.3) is 0 Å². The van der Waals surface area contributed by atoms with Gasteiger partial charge in [0.1, 0.15) is 5.76 Å². The third-order valence-corrected chi connectivity index (χ3v) is 4.40. The van der Waals surface area contributed by atoms with Crippen LogP contribution in [0.4, 0.5) is 0 Å². The van der Waals surface area contributed by atoms with Crippen molar-refractivity contribution in [1.29, 1.82) is 0 Å². The second-order valence-corrected chi connectivity index (χ2v) is 5.82. The van der Waals surface area contributed by atoms with Crippen molar-refractivity contribution in [2.45, 2.75) is 38.1 Å². The van der Waals surface area contributed by atoms with Crippen LogP contribution in [0.15, 0.2) is 28.7 Å². The molecule has 0 saturated heterocycles. The van der Waals surface area contributed by atoms with Crippen LogP contribution in [0.1, 0.15) is 43.9 Å². The first-order chi connectivity index (χ1) is 9.28. The monoisotopic (exact) mass is 278 g/mol. The molecule has 3 N–H and O–H groups in total. The molecule has 0 bridgehead atoms. The topological polar surface area (TPSA) is 51.2 Å². The van der Waals surface area contributed by atoms with Gasteiger partial charge in [-0.1, -0.05) is 49.4 Å². The molecule has 1 aromatic carbocycles. The Morgan fingerprint density at radius 1 is 1.37 bits per heavy atom. The van der Waals surface area contributed by atoms with Gasteiger partial charge in [0.05, 0.1) is 11.1 Å². The van der Waals surface area contributed by atoms with Crippen molar-refractivity contribution >= 4 is 22.6 Å². The Hall–Kier alpha value is -1.03. The summed E-state index contributed by atoms with van der Waals surface area (Å²) in [6.45, 7) is 0. The van der Waals surface area contributed by atoms with Gasteiger partial charge in [-0.25, -0.2) is 5.43 Å². The lowest BCUT2D eigenvalue weighted by Gasteiger charge is -2.17. The number of hydrazine groups is 1. The summed E-state index contributed by atoms with van der Waals surface area (Å²) in [6, 6.07) is 7.91. The van der Waals surface area contributed by atoms with E-state index >= 15 is 0 Å². The van der Waals surface area contributed by atoms with E-state index in [4.69, 9.17) is 21.9 Å². The van der Waals surface area contributed by atoms with E-state index in [0.717, 1.165) is 29.1 Å². The van der Waals surface area contributed by atoms with Crippen LogP contribution in [0, 0.1) is 5.92 Å². The zero-order valence-electron chi connectivity index (χ0n) is 10.9. The van der Waals surface area contributed by atoms with E-state index in [-0.39, 0.29) is 6.04 Å². The van der Waals surface area contributed by atoms with Gasteiger partial charge in [-0.15, -0.1) is 0 Å². The lowest BCUT2D eigenvalue weighted by Crippen LogP contribution is -2.29. The highest BCUT2D eigenvalue weighted by molar-refractivity contribution is 6.34. The quantitative estimate of drug-likeness (QED) is 0.652. The molecule has 2 aromatic rings. The molecule has 1 aromatic heterocycles. The number of rotatable bonds is 4. The predicted molar refractivity (Wildman–Crippen MR) is 77.9 cm³/mol. The van der Waals surface area contributed by atoms with Crippen molar-refractivity contribution < 1.29 is 4.42 Å². The van der Waals surface area contributed by atoms with Crippen LogP contribution in [-0.4, -0.2) is 0 Å². The number of furan rings is 1. The summed E-state index contributed by atoms with van der Waals surface area (Å²) in [5.74, 6) is 7.34. The van der Waals surface area contributed by atoms with E-state index in [1.807, 2.05) is 24.3 Å². The maximum atomic E-state index is 6.14. The summed E-state index contributed by atoms with van der Waals surface area (Å²) in [5, 5.41) is 1.69. The van der Waals surface area contributed by atoms with E-state index in [2.05, 4.69) is 5.43 Å². The lowest BCUT2D eigenvalue weighted by atomic mass is 9.97. The van der Waals surface area contributed by atoms with Gasteiger partial charge in [-0.05, 0) is 24.5 Å². The predicted octanol–water partition coefficient (Wildman–Crippen LogP) is 4.17. The van der Waals surface area contributed by atoms with Crippen molar-refractivity contribution in [2.75, 3.05) is 0 Å². The van der Waals surface area contributed by atoms with E-state index in [9.17, 15) is 0 Å². The molecule has 1 aliphatic rings. The number of hydrogen-bond donors (Lipinski definition) is 2. The molecular formula is C15H19ClN2O. The molecule has 1 unspecified atom stereocenters. The van der Waals surface area contributed by atoms with Crippen molar-refractivity contribution in [3.8, 4) is 0 Å². The number of fused-ring (bicyclic) bond motifs is 1. The summed E-state index contributed by atoms with van der Waals surface area (Å²) in [7, 11) is 0. The molecule has 0 spiro atoms. The second kappa shape index (κ2) is 5.53. The molecule has 1 heterocycles. The molecule has 0 radical (unpaired) electrons. The molecule has 1 fully saturated rings. The zero-order chi connectivity index (χ0) is 13.2. The minimum absolute atomic E-state index is 0.0755. The number of nitrogens with two attached hydrogens (primary N) is 1. The van der Waals surface area contributed by atoms with Gasteiger partial charge in [0.2, 0.25) is 0 Å². The Morgan fingerprint density at radius 2 is 2.16 bits per heavy atom. The fraction of sp³-hybridized carbons (Fsp3) is 0.467.